The van der Waals surface area contributed by atoms with Gasteiger partial charge in [-0.1, -0.05) is 53.4 Å². The molecular weight excluding hydrogens is 460 g/mol. The van der Waals surface area contributed by atoms with Crippen molar-refractivity contribution in [1.82, 2.24) is 9.96 Å². The molecule has 10 nitrogen and oxygen atoms in total. The molecule has 2 N–H and O–H groups in total. The van der Waals surface area contributed by atoms with Crippen molar-refractivity contribution in [2.45, 2.75) is 104 Å². The Balaban J connectivity index is 0.000000340. The van der Waals surface area contributed by atoms with Crippen molar-refractivity contribution in [2.75, 3.05) is 32.7 Å². The minimum Gasteiger partial charge on any atom is -0.724 e. The summed E-state index contributed by atoms with van der Waals surface area (Å²) < 4.78 is 36.8. The van der Waals surface area contributed by atoms with Gasteiger partial charge >= 0.3 is 6.03 Å². The summed E-state index contributed by atoms with van der Waals surface area (Å²) in [4.78, 5) is 23.9. The minimum atomic E-state index is -5.00. The average molecular weight is 507 g/mol. The number of unbranched alkanes of at least 4 members (excludes halogenated alkanes) is 4. The number of hydroxylamine groups is 2. The number of urea groups is 1. The molecule has 0 radical (unpaired) electrons. The van der Waals surface area contributed by atoms with Gasteiger partial charge in [-0.2, -0.15) is 9.35 Å². The highest BCUT2D eigenvalue weighted by atomic mass is 32.3. The molecule has 2 aliphatic heterocycles. The van der Waals surface area contributed by atoms with Gasteiger partial charge in [0.2, 0.25) is 16.3 Å². The quantitative estimate of drug-likeness (QED) is 0.206. The lowest BCUT2D eigenvalue weighted by Gasteiger charge is -2.39. The number of piperidine rings is 1. The third-order valence-corrected chi connectivity index (χ3v) is 7.11. The number of quaternary nitrogens is 1. The van der Waals surface area contributed by atoms with Crippen LogP contribution >= 0.6 is 0 Å². The molecule has 2 saturated heterocycles. The van der Waals surface area contributed by atoms with Crippen LogP contribution in [0.2, 0.25) is 0 Å². The van der Waals surface area contributed by atoms with Crippen LogP contribution in [0.1, 0.15) is 91.9 Å². The number of nitrogens with zero attached hydrogens (tertiary/aromatic N) is 3. The zero-order valence-electron chi connectivity index (χ0n) is 21.5. The Hall–Kier alpha value is -1.43. The van der Waals surface area contributed by atoms with Crippen LogP contribution in [-0.2, 0) is 19.5 Å². The summed E-state index contributed by atoms with van der Waals surface area (Å²) in [7, 11) is -5.00. The molecule has 2 fully saturated rings. The van der Waals surface area contributed by atoms with Crippen LogP contribution < -0.4 is 5.73 Å². The SMILES string of the molecule is CCCC[N+](CCCC)(CCCC)CCCC.NC(=O)[C@H]1CC[C@H]2CN1C(=O)N2OS(=O)(=O)[O-]. The number of carbonyl (C=O) groups excluding carboxylic acids is 2. The predicted octanol–water partition coefficient (Wildman–Crippen LogP) is 3.14. The highest BCUT2D eigenvalue weighted by molar-refractivity contribution is 7.80. The lowest BCUT2D eigenvalue weighted by atomic mass is 10.0. The fraction of sp³-hybridized carbons (Fsp3) is 0.913. The first-order valence-electron chi connectivity index (χ1n) is 12.9. The average Bonchev–Trinajstić information content (AvgIpc) is 3.01. The molecule has 2 heterocycles. The fourth-order valence-corrected chi connectivity index (χ4v) is 5.15. The van der Waals surface area contributed by atoms with E-state index in [4.69, 9.17) is 5.73 Å². The number of rotatable bonds is 15. The molecule has 0 aliphatic carbocycles. The van der Waals surface area contributed by atoms with Crippen molar-refractivity contribution in [3.63, 3.8) is 0 Å². The summed E-state index contributed by atoms with van der Waals surface area (Å²) in [5.74, 6) is -0.663. The largest absolute Gasteiger partial charge is 0.724 e. The van der Waals surface area contributed by atoms with Gasteiger partial charge in [0.15, 0.2) is 0 Å². The van der Waals surface area contributed by atoms with Gasteiger partial charge in [0.1, 0.15) is 6.04 Å². The number of amides is 3. The molecule has 2 rings (SSSR count). The molecule has 11 heteroatoms. The minimum absolute atomic E-state index is 0.127. The van der Waals surface area contributed by atoms with E-state index in [1.165, 1.54) is 82.0 Å². The Morgan fingerprint density at radius 2 is 1.41 bits per heavy atom. The van der Waals surface area contributed by atoms with Gasteiger partial charge in [-0.3, -0.25) is 4.79 Å². The Kier molecular flexibility index (Phi) is 13.4. The summed E-state index contributed by atoms with van der Waals surface area (Å²) >= 11 is 0. The van der Waals surface area contributed by atoms with Crippen molar-refractivity contribution < 1.29 is 31.3 Å². The molecule has 2 aliphatic rings. The first-order chi connectivity index (χ1) is 16.0. The number of primary amides is 1. The van der Waals surface area contributed by atoms with Crippen molar-refractivity contribution in [3.05, 3.63) is 0 Å². The van der Waals surface area contributed by atoms with Crippen LogP contribution in [0.25, 0.3) is 0 Å². The summed E-state index contributed by atoms with van der Waals surface area (Å²) in [5, 5.41) is 0.505. The van der Waals surface area contributed by atoms with E-state index in [0.29, 0.717) is 17.9 Å². The first kappa shape index (κ1) is 30.6. The molecule has 34 heavy (non-hydrogen) atoms. The Morgan fingerprint density at radius 3 is 1.76 bits per heavy atom. The first-order valence-corrected chi connectivity index (χ1v) is 14.3. The zero-order valence-corrected chi connectivity index (χ0v) is 22.4. The molecule has 0 aromatic rings. The Labute approximate surface area is 206 Å². The van der Waals surface area contributed by atoms with Crippen LogP contribution in [0.5, 0.6) is 0 Å². The fourth-order valence-electron chi connectivity index (χ4n) is 4.77. The lowest BCUT2D eigenvalue weighted by Crippen LogP contribution is -2.50. The molecule has 0 unspecified atom stereocenters. The van der Waals surface area contributed by atoms with Gasteiger partial charge in [0.05, 0.1) is 32.2 Å². The molecule has 2 atom stereocenters. The molecular formula is C23H46N4O6S. The van der Waals surface area contributed by atoms with Crippen molar-refractivity contribution in [2.24, 2.45) is 5.73 Å². The van der Waals surface area contributed by atoms with Crippen LogP contribution in [0, 0.1) is 0 Å². The van der Waals surface area contributed by atoms with Crippen LogP contribution in [0.15, 0.2) is 0 Å². The van der Waals surface area contributed by atoms with Gasteiger partial charge in [-0.05, 0) is 38.5 Å². The molecule has 2 bridgehead atoms. The van der Waals surface area contributed by atoms with Crippen molar-refractivity contribution in [3.8, 4) is 0 Å². The molecule has 0 saturated carbocycles. The summed E-state index contributed by atoms with van der Waals surface area (Å²) in [6.07, 6.45) is 11.7. The maximum atomic E-state index is 11.7. The van der Waals surface area contributed by atoms with E-state index >= 15 is 0 Å². The third kappa shape index (κ3) is 9.67. The third-order valence-electron chi connectivity index (χ3n) is 6.77. The Bertz CT molecular complexity index is 695. The van der Waals surface area contributed by atoms with Crippen molar-refractivity contribution >= 4 is 22.3 Å². The molecule has 3 amide bonds. The van der Waals surface area contributed by atoms with Crippen LogP contribution in [-0.4, -0.2) is 84.2 Å². The van der Waals surface area contributed by atoms with Gasteiger partial charge in [0.25, 0.3) is 0 Å². The number of nitrogens with two attached hydrogens (primary N) is 1. The van der Waals surface area contributed by atoms with E-state index in [1.807, 2.05) is 0 Å². The molecule has 0 aromatic carbocycles. The van der Waals surface area contributed by atoms with E-state index in [-0.39, 0.29) is 6.54 Å². The maximum absolute atomic E-state index is 11.7. The molecule has 0 aromatic heterocycles. The van der Waals surface area contributed by atoms with E-state index in [9.17, 15) is 22.6 Å². The lowest BCUT2D eigenvalue weighted by molar-refractivity contribution is -0.929. The summed E-state index contributed by atoms with van der Waals surface area (Å²) in [5.41, 5.74) is 5.11. The van der Waals surface area contributed by atoms with Gasteiger partial charge < -0.3 is 19.7 Å². The van der Waals surface area contributed by atoms with E-state index < -0.39 is 34.4 Å². The monoisotopic (exact) mass is 506 g/mol. The maximum Gasteiger partial charge on any atom is 0.346 e. The van der Waals surface area contributed by atoms with Gasteiger partial charge in [-0.15, -0.1) is 0 Å². The molecule has 0 spiro atoms. The second kappa shape index (κ2) is 14.9. The van der Waals surface area contributed by atoms with Crippen LogP contribution in [0.3, 0.4) is 0 Å². The van der Waals surface area contributed by atoms with Crippen molar-refractivity contribution in [1.29, 1.82) is 0 Å². The highest BCUT2D eigenvalue weighted by Gasteiger charge is 2.48. The highest BCUT2D eigenvalue weighted by Crippen LogP contribution is 2.30. The second-order valence-electron chi connectivity index (χ2n) is 9.54. The zero-order chi connectivity index (χ0) is 25.8. The normalized spacial score (nSPS) is 20.3. The van der Waals surface area contributed by atoms with E-state index in [1.54, 1.807) is 0 Å². The number of hydrogen-bond donors (Lipinski definition) is 1. The predicted molar refractivity (Wildman–Crippen MR) is 130 cm³/mol. The number of hydrogen-bond acceptors (Lipinski definition) is 6. The molecule has 200 valence electrons. The van der Waals surface area contributed by atoms with Gasteiger partial charge in [-0.25, -0.2) is 13.2 Å². The second-order valence-corrected chi connectivity index (χ2v) is 10.5. The summed E-state index contributed by atoms with van der Waals surface area (Å²) in [6.45, 7) is 15.1. The van der Waals surface area contributed by atoms with E-state index in [0.717, 1.165) is 4.90 Å². The van der Waals surface area contributed by atoms with Crippen LogP contribution in [0.4, 0.5) is 4.79 Å². The number of fused-ring (bicyclic) bond motifs is 2. The van der Waals surface area contributed by atoms with E-state index in [2.05, 4.69) is 32.0 Å². The Morgan fingerprint density at radius 1 is 0.971 bits per heavy atom. The number of carbonyl (C=O) groups is 2. The smallest absolute Gasteiger partial charge is 0.346 e. The van der Waals surface area contributed by atoms with Gasteiger partial charge in [0, 0.05) is 6.54 Å². The standard InChI is InChI=1S/C16H36N.C7H11N3O6S/c1-5-9-13-17(14-10-6-2,15-11-7-3)16-12-8-4;8-6(11)5-2-1-4-3-9(5)7(12)10(4)16-17(13,14)15/h5-16H2,1-4H3;4-5H,1-3H2,(H2,8,11)(H,13,14,15)/q+1;/p-1/t;4-,5+/m.0/s1. The topological polar surface area (TPSA) is 133 Å². The summed E-state index contributed by atoms with van der Waals surface area (Å²) in [6, 6.07) is -2.14.